The maximum absolute atomic E-state index is 5.80. The lowest BCUT2D eigenvalue weighted by atomic mass is 9.76. The summed E-state index contributed by atoms with van der Waals surface area (Å²) < 4.78 is 1.93. The molecule has 0 unspecified atom stereocenters. The van der Waals surface area contributed by atoms with Crippen molar-refractivity contribution in [1.82, 2.24) is 9.61 Å². The third kappa shape index (κ3) is 1.06. The first-order valence-electron chi connectivity index (χ1n) is 5.02. The molecule has 1 aliphatic rings. The van der Waals surface area contributed by atoms with E-state index in [1.165, 1.54) is 11.1 Å². The Balaban J connectivity index is 2.07. The van der Waals surface area contributed by atoms with Crippen molar-refractivity contribution in [2.45, 2.75) is 24.8 Å². The lowest BCUT2D eigenvalue weighted by Gasteiger charge is -2.33. The summed E-state index contributed by atoms with van der Waals surface area (Å²) in [6.45, 7) is 0. The van der Waals surface area contributed by atoms with Gasteiger partial charge in [0.05, 0.1) is 5.52 Å². The Hall–Kier alpha value is -1.35. The van der Waals surface area contributed by atoms with E-state index in [4.69, 9.17) is 5.73 Å². The quantitative estimate of drug-likeness (QED) is 0.736. The summed E-state index contributed by atoms with van der Waals surface area (Å²) in [4.78, 5) is 0. The molecule has 0 atom stereocenters. The number of fused-ring (bicyclic) bond motifs is 1. The van der Waals surface area contributed by atoms with Crippen molar-refractivity contribution in [1.29, 1.82) is 0 Å². The summed E-state index contributed by atoms with van der Waals surface area (Å²) in [7, 11) is 0. The molecule has 2 N–H and O–H groups in total. The number of hydrogen-bond donors (Lipinski definition) is 1. The molecule has 0 saturated heterocycles. The smallest absolute Gasteiger partial charge is 0.0696 e. The van der Waals surface area contributed by atoms with Crippen LogP contribution in [0.4, 0.5) is 0 Å². The molecule has 1 aliphatic carbocycles. The summed E-state index contributed by atoms with van der Waals surface area (Å²) >= 11 is 0. The average Bonchev–Trinajstić information content (AvgIpc) is 2.60. The molecule has 72 valence electrons. The van der Waals surface area contributed by atoms with Gasteiger partial charge in [0, 0.05) is 18.4 Å². The van der Waals surface area contributed by atoms with E-state index < -0.39 is 0 Å². The van der Waals surface area contributed by atoms with Crippen LogP contribution in [0.25, 0.3) is 5.52 Å². The van der Waals surface area contributed by atoms with Crippen LogP contribution in [0.2, 0.25) is 0 Å². The van der Waals surface area contributed by atoms with Crippen LogP contribution < -0.4 is 5.73 Å². The predicted molar refractivity (Wildman–Crippen MR) is 55.1 cm³/mol. The van der Waals surface area contributed by atoms with Crippen LogP contribution in [0.1, 0.15) is 24.3 Å². The third-order valence-corrected chi connectivity index (χ3v) is 3.08. The lowest BCUT2D eigenvalue weighted by molar-refractivity contribution is 0.352. The van der Waals surface area contributed by atoms with Crippen molar-refractivity contribution in [3.63, 3.8) is 0 Å². The van der Waals surface area contributed by atoms with E-state index in [1.807, 2.05) is 16.9 Å². The fourth-order valence-corrected chi connectivity index (χ4v) is 2.24. The highest BCUT2D eigenvalue weighted by Crippen LogP contribution is 2.37. The minimum Gasteiger partial charge on any atom is -0.328 e. The molecular weight excluding hydrogens is 174 g/mol. The van der Waals surface area contributed by atoms with Crippen LogP contribution in [0.5, 0.6) is 0 Å². The molecule has 2 aromatic heterocycles. The number of nitrogens with zero attached hydrogens (tertiary/aromatic N) is 2. The van der Waals surface area contributed by atoms with Crippen LogP contribution in [-0.2, 0) is 0 Å². The molecule has 0 radical (unpaired) electrons. The van der Waals surface area contributed by atoms with Gasteiger partial charge in [-0.3, -0.25) is 0 Å². The van der Waals surface area contributed by atoms with E-state index in [0.29, 0.717) is 12.0 Å². The molecule has 0 aromatic carbocycles. The highest BCUT2D eigenvalue weighted by Gasteiger charge is 2.28. The third-order valence-electron chi connectivity index (χ3n) is 3.08. The van der Waals surface area contributed by atoms with Crippen molar-refractivity contribution in [2.24, 2.45) is 5.73 Å². The zero-order valence-corrected chi connectivity index (χ0v) is 7.93. The SMILES string of the molecule is NC1CC(c2cccn3nccc23)C1. The average molecular weight is 187 g/mol. The molecule has 0 aliphatic heterocycles. The van der Waals surface area contributed by atoms with Gasteiger partial charge in [0.15, 0.2) is 0 Å². The highest BCUT2D eigenvalue weighted by molar-refractivity contribution is 5.55. The monoisotopic (exact) mass is 187 g/mol. The van der Waals surface area contributed by atoms with Gasteiger partial charge >= 0.3 is 0 Å². The van der Waals surface area contributed by atoms with E-state index in [9.17, 15) is 0 Å². The van der Waals surface area contributed by atoms with E-state index in [-0.39, 0.29) is 0 Å². The van der Waals surface area contributed by atoms with Crippen molar-refractivity contribution < 1.29 is 0 Å². The molecule has 3 nitrogen and oxygen atoms in total. The molecule has 2 aromatic rings. The normalized spacial score (nSPS) is 26.4. The number of pyridine rings is 1. The second kappa shape index (κ2) is 2.82. The largest absolute Gasteiger partial charge is 0.328 e. The van der Waals surface area contributed by atoms with Gasteiger partial charge in [-0.25, -0.2) is 4.52 Å². The Kier molecular flexibility index (Phi) is 1.61. The van der Waals surface area contributed by atoms with Gasteiger partial charge in [-0.2, -0.15) is 5.10 Å². The number of rotatable bonds is 1. The van der Waals surface area contributed by atoms with Crippen LogP contribution in [0.15, 0.2) is 30.6 Å². The van der Waals surface area contributed by atoms with Crippen molar-refractivity contribution in [3.8, 4) is 0 Å². The number of nitrogens with two attached hydrogens (primary N) is 1. The Labute approximate surface area is 82.5 Å². The number of aromatic nitrogens is 2. The van der Waals surface area contributed by atoms with Crippen molar-refractivity contribution in [2.75, 3.05) is 0 Å². The summed E-state index contributed by atoms with van der Waals surface area (Å²) in [6, 6.07) is 6.72. The maximum Gasteiger partial charge on any atom is 0.0696 e. The van der Waals surface area contributed by atoms with Gasteiger partial charge in [-0.05, 0) is 36.5 Å². The van der Waals surface area contributed by atoms with Crippen LogP contribution >= 0.6 is 0 Å². The zero-order valence-electron chi connectivity index (χ0n) is 7.93. The molecule has 3 heteroatoms. The second-order valence-electron chi connectivity index (χ2n) is 4.05. The lowest BCUT2D eigenvalue weighted by Crippen LogP contribution is -2.34. The minimum atomic E-state index is 0.406. The topological polar surface area (TPSA) is 43.3 Å². The molecular formula is C11H13N3. The Morgan fingerprint density at radius 3 is 3.00 bits per heavy atom. The van der Waals surface area contributed by atoms with E-state index in [2.05, 4.69) is 23.3 Å². The predicted octanol–water partition coefficient (Wildman–Crippen LogP) is 1.54. The van der Waals surface area contributed by atoms with Gasteiger partial charge in [0.1, 0.15) is 0 Å². The zero-order chi connectivity index (χ0) is 9.54. The fraction of sp³-hybridized carbons (Fsp3) is 0.364. The Morgan fingerprint density at radius 2 is 2.21 bits per heavy atom. The van der Waals surface area contributed by atoms with E-state index >= 15 is 0 Å². The summed E-state index contributed by atoms with van der Waals surface area (Å²) in [5, 5.41) is 4.22. The first-order chi connectivity index (χ1) is 6.84. The summed E-state index contributed by atoms with van der Waals surface area (Å²) in [5.74, 6) is 0.644. The molecule has 0 amide bonds. The maximum atomic E-state index is 5.80. The van der Waals surface area contributed by atoms with Crippen LogP contribution in [0.3, 0.4) is 0 Å². The first kappa shape index (κ1) is 8.00. The second-order valence-corrected chi connectivity index (χ2v) is 4.05. The molecule has 14 heavy (non-hydrogen) atoms. The Bertz CT molecular complexity index is 454. The molecule has 3 rings (SSSR count). The molecule has 0 spiro atoms. The molecule has 1 fully saturated rings. The molecule has 1 saturated carbocycles. The first-order valence-corrected chi connectivity index (χ1v) is 5.02. The van der Waals surface area contributed by atoms with Gasteiger partial charge in [-0.1, -0.05) is 6.07 Å². The van der Waals surface area contributed by atoms with Gasteiger partial charge < -0.3 is 5.73 Å². The number of hydrogen-bond acceptors (Lipinski definition) is 2. The van der Waals surface area contributed by atoms with Crippen LogP contribution in [-0.4, -0.2) is 15.7 Å². The van der Waals surface area contributed by atoms with E-state index in [1.54, 1.807) is 0 Å². The fourth-order valence-electron chi connectivity index (χ4n) is 2.24. The highest BCUT2D eigenvalue weighted by atomic mass is 15.2. The molecule has 0 bridgehead atoms. The van der Waals surface area contributed by atoms with Gasteiger partial charge in [0.25, 0.3) is 0 Å². The minimum absolute atomic E-state index is 0.406. The molecule has 2 heterocycles. The standard InChI is InChI=1S/C11H13N3/c12-9-6-8(7-9)10-2-1-5-14-11(10)3-4-13-14/h1-5,8-9H,6-7,12H2. The van der Waals surface area contributed by atoms with E-state index in [0.717, 1.165) is 12.8 Å². The summed E-state index contributed by atoms with van der Waals surface area (Å²) in [6.07, 6.45) is 6.06. The Morgan fingerprint density at radius 1 is 1.36 bits per heavy atom. The van der Waals surface area contributed by atoms with Crippen molar-refractivity contribution >= 4 is 5.52 Å². The van der Waals surface area contributed by atoms with Gasteiger partial charge in [-0.15, -0.1) is 0 Å². The van der Waals surface area contributed by atoms with Crippen LogP contribution in [0, 0.1) is 0 Å². The summed E-state index contributed by atoms with van der Waals surface area (Å²) in [5.41, 5.74) is 8.42. The van der Waals surface area contributed by atoms with Crippen molar-refractivity contribution in [3.05, 3.63) is 36.2 Å². The van der Waals surface area contributed by atoms with Gasteiger partial charge in [0.2, 0.25) is 0 Å².